The molecule has 0 unspecified atom stereocenters. The van der Waals surface area contributed by atoms with Crippen molar-refractivity contribution in [2.75, 3.05) is 32.0 Å². The number of rotatable bonds is 5. The molecule has 1 aromatic rings. The Kier molecular flexibility index (Phi) is 7.66. The summed E-state index contributed by atoms with van der Waals surface area (Å²) in [6.45, 7) is 8.11. The van der Waals surface area contributed by atoms with Gasteiger partial charge in [0.1, 0.15) is 0 Å². The second kappa shape index (κ2) is 9.96. The van der Waals surface area contributed by atoms with Crippen LogP contribution in [-0.2, 0) is 11.3 Å². The number of carbonyl (C=O) groups is 2. The molecule has 0 saturated carbocycles. The highest BCUT2D eigenvalue weighted by molar-refractivity contribution is 5.89. The number of urea groups is 1. The Bertz CT molecular complexity index is 705. The molecular weight excluding hydrogens is 356 g/mol. The Hall–Kier alpha value is -2.77. The van der Waals surface area contributed by atoms with Gasteiger partial charge in [0.15, 0.2) is 5.96 Å². The molecule has 8 heteroatoms. The monoisotopic (exact) mass is 388 g/mol. The molecule has 0 spiro atoms. The highest BCUT2D eigenvalue weighted by atomic mass is 16.2. The van der Waals surface area contributed by atoms with Crippen molar-refractivity contribution in [1.29, 1.82) is 0 Å². The molecule has 0 aromatic heterocycles. The third kappa shape index (κ3) is 7.46. The maximum Gasteiger partial charge on any atom is 0.321 e. The first kappa shape index (κ1) is 21.5. The van der Waals surface area contributed by atoms with E-state index in [1.54, 1.807) is 7.05 Å². The van der Waals surface area contributed by atoms with Crippen LogP contribution in [0, 0.1) is 0 Å². The Morgan fingerprint density at radius 3 is 2.50 bits per heavy atom. The molecule has 2 rings (SSSR count). The smallest absolute Gasteiger partial charge is 0.321 e. The van der Waals surface area contributed by atoms with E-state index in [0.717, 1.165) is 37.2 Å². The third-order valence-electron chi connectivity index (χ3n) is 4.19. The van der Waals surface area contributed by atoms with Crippen LogP contribution in [0.1, 0.15) is 39.2 Å². The zero-order chi connectivity index (χ0) is 20.6. The summed E-state index contributed by atoms with van der Waals surface area (Å²) in [5, 5.41) is 12.0. The molecule has 28 heavy (non-hydrogen) atoms. The van der Waals surface area contributed by atoms with Crippen LogP contribution in [0.5, 0.6) is 0 Å². The summed E-state index contributed by atoms with van der Waals surface area (Å²) in [5.41, 5.74) is 1.50. The minimum atomic E-state index is -0.268. The van der Waals surface area contributed by atoms with E-state index in [-0.39, 0.29) is 24.0 Å². The van der Waals surface area contributed by atoms with Crippen LogP contribution in [0.4, 0.5) is 10.5 Å². The highest BCUT2D eigenvalue weighted by Gasteiger charge is 2.17. The zero-order valence-corrected chi connectivity index (χ0v) is 17.3. The summed E-state index contributed by atoms with van der Waals surface area (Å²) in [7, 11) is 1.66. The summed E-state index contributed by atoms with van der Waals surface area (Å²) in [5.74, 6) is 0.442. The highest BCUT2D eigenvalue weighted by Crippen LogP contribution is 2.14. The van der Waals surface area contributed by atoms with Gasteiger partial charge in [0, 0.05) is 37.9 Å². The molecule has 1 aliphatic heterocycles. The summed E-state index contributed by atoms with van der Waals surface area (Å²) in [6, 6.07) is 7.63. The number of nitrogens with zero attached hydrogens (tertiary/aromatic N) is 2. The maximum atomic E-state index is 12.2. The van der Waals surface area contributed by atoms with Crippen LogP contribution in [0.25, 0.3) is 0 Å². The third-order valence-corrected chi connectivity index (χ3v) is 4.19. The molecule has 0 atom stereocenters. The summed E-state index contributed by atoms with van der Waals surface area (Å²) in [6.07, 6.45) is 2.13. The van der Waals surface area contributed by atoms with Crippen LogP contribution in [0.15, 0.2) is 29.3 Å². The second-order valence-corrected chi connectivity index (χ2v) is 7.90. The van der Waals surface area contributed by atoms with Gasteiger partial charge in [-0.05, 0) is 51.3 Å². The average molecular weight is 389 g/mol. The van der Waals surface area contributed by atoms with E-state index in [4.69, 9.17) is 0 Å². The van der Waals surface area contributed by atoms with Crippen LogP contribution in [0.3, 0.4) is 0 Å². The molecule has 1 fully saturated rings. The number of guanidine groups is 1. The summed E-state index contributed by atoms with van der Waals surface area (Å²) in [4.78, 5) is 30.1. The molecule has 0 bridgehead atoms. The molecule has 1 aromatic carbocycles. The quantitative estimate of drug-likeness (QED) is 0.457. The Labute approximate surface area is 167 Å². The standard InChI is InChI=1S/C20H32N6O2/c1-20(2,3)25-17(27)14-23-18(21-4)22-13-15-8-7-9-16(12-15)24-19(28)26-10-5-6-11-26/h7-9,12H,5-6,10-11,13-14H2,1-4H3,(H,24,28)(H,25,27)(H2,21,22,23). The van der Waals surface area contributed by atoms with Gasteiger partial charge in [0.05, 0.1) is 6.54 Å². The first-order valence-electron chi connectivity index (χ1n) is 9.67. The maximum absolute atomic E-state index is 12.2. The molecular formula is C20H32N6O2. The van der Waals surface area contributed by atoms with Crippen molar-refractivity contribution >= 4 is 23.6 Å². The van der Waals surface area contributed by atoms with E-state index in [9.17, 15) is 9.59 Å². The fourth-order valence-electron chi connectivity index (χ4n) is 2.91. The van der Waals surface area contributed by atoms with Gasteiger partial charge in [0.25, 0.3) is 0 Å². The van der Waals surface area contributed by atoms with Gasteiger partial charge in [-0.25, -0.2) is 4.79 Å². The number of likely N-dealkylation sites (tertiary alicyclic amines) is 1. The summed E-state index contributed by atoms with van der Waals surface area (Å²) >= 11 is 0. The predicted molar refractivity (Wildman–Crippen MR) is 112 cm³/mol. The average Bonchev–Trinajstić information content (AvgIpc) is 3.15. The number of nitrogens with one attached hydrogen (secondary N) is 4. The lowest BCUT2D eigenvalue weighted by atomic mass is 10.1. The first-order valence-corrected chi connectivity index (χ1v) is 9.67. The van der Waals surface area contributed by atoms with Crippen molar-refractivity contribution < 1.29 is 9.59 Å². The number of hydrogen-bond donors (Lipinski definition) is 4. The van der Waals surface area contributed by atoms with Crippen molar-refractivity contribution in [2.45, 2.75) is 45.7 Å². The largest absolute Gasteiger partial charge is 0.352 e. The van der Waals surface area contributed by atoms with Gasteiger partial charge in [-0.3, -0.25) is 9.79 Å². The fourth-order valence-corrected chi connectivity index (χ4v) is 2.91. The lowest BCUT2D eigenvalue weighted by Crippen LogP contribution is -2.48. The van der Waals surface area contributed by atoms with E-state index in [1.807, 2.05) is 49.9 Å². The van der Waals surface area contributed by atoms with Gasteiger partial charge in [-0.2, -0.15) is 0 Å². The Morgan fingerprint density at radius 2 is 1.86 bits per heavy atom. The number of anilines is 1. The molecule has 4 N–H and O–H groups in total. The summed E-state index contributed by atoms with van der Waals surface area (Å²) < 4.78 is 0. The molecule has 1 heterocycles. The lowest BCUT2D eigenvalue weighted by molar-refractivity contribution is -0.121. The second-order valence-electron chi connectivity index (χ2n) is 7.90. The lowest BCUT2D eigenvalue weighted by Gasteiger charge is -2.21. The van der Waals surface area contributed by atoms with E-state index in [1.165, 1.54) is 0 Å². The van der Waals surface area contributed by atoms with E-state index in [2.05, 4.69) is 26.3 Å². The topological polar surface area (TPSA) is 97.9 Å². The molecule has 0 radical (unpaired) electrons. The van der Waals surface area contributed by atoms with Crippen LogP contribution in [-0.4, -0.2) is 55.0 Å². The van der Waals surface area contributed by atoms with Crippen molar-refractivity contribution in [3.05, 3.63) is 29.8 Å². The van der Waals surface area contributed by atoms with E-state index in [0.29, 0.717) is 12.5 Å². The van der Waals surface area contributed by atoms with Crippen LogP contribution < -0.4 is 21.3 Å². The van der Waals surface area contributed by atoms with Gasteiger partial charge in [-0.1, -0.05) is 12.1 Å². The van der Waals surface area contributed by atoms with Crippen LogP contribution >= 0.6 is 0 Å². The van der Waals surface area contributed by atoms with Gasteiger partial charge in [0.2, 0.25) is 5.91 Å². The number of hydrogen-bond acceptors (Lipinski definition) is 3. The zero-order valence-electron chi connectivity index (χ0n) is 17.3. The van der Waals surface area contributed by atoms with Gasteiger partial charge < -0.3 is 26.2 Å². The molecule has 154 valence electrons. The molecule has 0 aliphatic carbocycles. The van der Waals surface area contributed by atoms with E-state index < -0.39 is 0 Å². The van der Waals surface area contributed by atoms with Crippen molar-refractivity contribution in [1.82, 2.24) is 20.9 Å². The number of aliphatic imine (C=N–C) groups is 1. The minimum Gasteiger partial charge on any atom is -0.352 e. The first-order chi connectivity index (χ1) is 13.3. The van der Waals surface area contributed by atoms with Gasteiger partial charge in [-0.15, -0.1) is 0 Å². The minimum absolute atomic E-state index is 0.0510. The molecule has 3 amide bonds. The fraction of sp³-hybridized carbons (Fsp3) is 0.550. The van der Waals surface area contributed by atoms with Crippen molar-refractivity contribution in [3.8, 4) is 0 Å². The Balaban J connectivity index is 1.82. The van der Waals surface area contributed by atoms with Gasteiger partial charge >= 0.3 is 6.03 Å². The van der Waals surface area contributed by atoms with E-state index >= 15 is 0 Å². The van der Waals surface area contributed by atoms with Crippen LogP contribution in [0.2, 0.25) is 0 Å². The Morgan fingerprint density at radius 1 is 1.14 bits per heavy atom. The number of carbonyl (C=O) groups excluding carboxylic acids is 2. The number of benzene rings is 1. The normalized spacial score (nSPS) is 14.6. The SMILES string of the molecule is CN=C(NCC(=O)NC(C)(C)C)NCc1cccc(NC(=O)N2CCCC2)c1. The molecule has 8 nitrogen and oxygen atoms in total. The van der Waals surface area contributed by atoms with Crippen molar-refractivity contribution in [3.63, 3.8) is 0 Å². The molecule has 1 saturated heterocycles. The molecule has 1 aliphatic rings. The number of amides is 3. The van der Waals surface area contributed by atoms with Crippen molar-refractivity contribution in [2.24, 2.45) is 4.99 Å². The predicted octanol–water partition coefficient (Wildman–Crippen LogP) is 1.89.